The third-order valence-electron chi connectivity index (χ3n) is 5.09. The number of hydrogen-bond donors (Lipinski definition) is 2. The predicted octanol–water partition coefficient (Wildman–Crippen LogP) is 1.17. The van der Waals surface area contributed by atoms with Gasteiger partial charge in [-0.25, -0.2) is 0 Å². The number of aromatic nitrogens is 2. The second-order valence-electron chi connectivity index (χ2n) is 6.81. The molecule has 1 aliphatic heterocycles. The maximum absolute atomic E-state index is 12.6. The van der Waals surface area contributed by atoms with Crippen LogP contribution in [-0.2, 0) is 11.8 Å². The summed E-state index contributed by atoms with van der Waals surface area (Å²) in [6, 6.07) is 1.12. The highest BCUT2D eigenvalue weighted by Crippen LogP contribution is 2.28. The molecule has 2 heterocycles. The molecule has 0 aromatic carbocycles. The first-order chi connectivity index (χ1) is 10.6. The lowest BCUT2D eigenvalue weighted by Crippen LogP contribution is -2.43. The number of amides is 1. The number of carbonyl (C=O) groups excluding carboxylic acids is 1. The maximum atomic E-state index is 12.6. The molecule has 1 aromatic rings. The molecule has 3 rings (SSSR count). The van der Waals surface area contributed by atoms with Crippen LogP contribution in [0.2, 0.25) is 0 Å². The first kappa shape index (κ1) is 21.2. The lowest BCUT2D eigenvalue weighted by Gasteiger charge is -2.26. The zero-order valence-electron chi connectivity index (χ0n) is 14.6. The maximum Gasteiger partial charge on any atom is 0.225 e. The third kappa shape index (κ3) is 4.85. The van der Waals surface area contributed by atoms with E-state index in [4.69, 9.17) is 0 Å². The molecule has 0 bridgehead atoms. The highest BCUT2D eigenvalue weighted by atomic mass is 35.5. The van der Waals surface area contributed by atoms with E-state index in [1.165, 1.54) is 12.8 Å². The van der Waals surface area contributed by atoms with Gasteiger partial charge in [-0.15, -0.1) is 24.8 Å². The Morgan fingerprint density at radius 1 is 1.46 bits per heavy atom. The van der Waals surface area contributed by atoms with Gasteiger partial charge in [0.15, 0.2) is 0 Å². The van der Waals surface area contributed by atoms with Gasteiger partial charge >= 0.3 is 0 Å². The summed E-state index contributed by atoms with van der Waals surface area (Å²) < 4.78 is 1.80. The van der Waals surface area contributed by atoms with Crippen molar-refractivity contribution in [2.24, 2.45) is 13.0 Å². The Morgan fingerprint density at radius 2 is 2.17 bits per heavy atom. The molecule has 2 fully saturated rings. The normalized spacial score (nSPS) is 24.2. The van der Waals surface area contributed by atoms with Crippen molar-refractivity contribution in [2.45, 2.75) is 37.8 Å². The topological polar surface area (TPSA) is 62.2 Å². The molecule has 24 heavy (non-hydrogen) atoms. The molecule has 0 spiro atoms. The van der Waals surface area contributed by atoms with Crippen molar-refractivity contribution >= 4 is 30.7 Å². The Kier molecular flexibility index (Phi) is 7.99. The molecule has 3 atom stereocenters. The van der Waals surface area contributed by atoms with Gasteiger partial charge in [0, 0.05) is 50.9 Å². The zero-order chi connectivity index (χ0) is 15.7. The SMILES string of the molecule is CC(CNC(=O)[C@H]1CNC[C@@H]1c1cnn(C)c1)N(C)C1CC1.Cl.Cl. The minimum atomic E-state index is 0. The van der Waals surface area contributed by atoms with Gasteiger partial charge < -0.3 is 10.6 Å². The number of nitrogens with one attached hydrogen (secondary N) is 2. The molecule has 2 N–H and O–H groups in total. The molecule has 1 saturated carbocycles. The van der Waals surface area contributed by atoms with Crippen LogP contribution in [0.5, 0.6) is 0 Å². The summed E-state index contributed by atoms with van der Waals surface area (Å²) in [4.78, 5) is 14.9. The average Bonchev–Trinajstić information content (AvgIpc) is 3.08. The molecule has 0 radical (unpaired) electrons. The van der Waals surface area contributed by atoms with Gasteiger partial charge in [0.2, 0.25) is 5.91 Å². The number of halogens is 2. The molecule has 1 unspecified atom stereocenters. The molecular weight excluding hydrogens is 349 g/mol. The fourth-order valence-electron chi connectivity index (χ4n) is 3.30. The molecule has 1 saturated heterocycles. The molecule has 138 valence electrons. The van der Waals surface area contributed by atoms with Crippen LogP contribution in [-0.4, -0.2) is 59.4 Å². The Labute approximate surface area is 156 Å². The number of likely N-dealkylation sites (N-methyl/N-ethyl adjacent to an activating group) is 1. The van der Waals surface area contributed by atoms with Crippen LogP contribution in [0.15, 0.2) is 12.4 Å². The van der Waals surface area contributed by atoms with Crippen molar-refractivity contribution in [1.29, 1.82) is 0 Å². The lowest BCUT2D eigenvalue weighted by atomic mass is 9.90. The molecule has 8 heteroatoms. The van der Waals surface area contributed by atoms with Crippen molar-refractivity contribution in [2.75, 3.05) is 26.7 Å². The van der Waals surface area contributed by atoms with Crippen LogP contribution in [0.3, 0.4) is 0 Å². The van der Waals surface area contributed by atoms with E-state index in [1.54, 1.807) is 4.68 Å². The molecule has 1 amide bonds. The summed E-state index contributed by atoms with van der Waals surface area (Å²) in [5, 5.41) is 10.7. The highest BCUT2D eigenvalue weighted by molar-refractivity contribution is 5.85. The van der Waals surface area contributed by atoms with Crippen LogP contribution in [0.4, 0.5) is 0 Å². The summed E-state index contributed by atoms with van der Waals surface area (Å²) in [5.74, 6) is 0.391. The van der Waals surface area contributed by atoms with E-state index >= 15 is 0 Å². The Hall–Kier alpha value is -0.820. The molecule has 1 aromatic heterocycles. The van der Waals surface area contributed by atoms with Gasteiger partial charge in [-0.3, -0.25) is 14.4 Å². The summed E-state index contributed by atoms with van der Waals surface area (Å²) in [6.45, 7) is 4.51. The van der Waals surface area contributed by atoms with Crippen molar-refractivity contribution in [3.8, 4) is 0 Å². The van der Waals surface area contributed by atoms with Gasteiger partial charge in [-0.2, -0.15) is 5.10 Å². The van der Waals surface area contributed by atoms with Crippen LogP contribution in [0, 0.1) is 5.92 Å². The molecule has 6 nitrogen and oxygen atoms in total. The summed E-state index contributed by atoms with van der Waals surface area (Å²) in [5.41, 5.74) is 1.15. The predicted molar refractivity (Wildman–Crippen MR) is 100 cm³/mol. The van der Waals surface area contributed by atoms with Gasteiger partial charge in [0.1, 0.15) is 0 Å². The van der Waals surface area contributed by atoms with Crippen molar-refractivity contribution in [3.05, 3.63) is 18.0 Å². The van der Waals surface area contributed by atoms with Crippen LogP contribution < -0.4 is 10.6 Å². The third-order valence-corrected chi connectivity index (χ3v) is 5.09. The van der Waals surface area contributed by atoms with Crippen molar-refractivity contribution in [1.82, 2.24) is 25.3 Å². The van der Waals surface area contributed by atoms with E-state index in [1.807, 2.05) is 19.4 Å². The van der Waals surface area contributed by atoms with E-state index in [0.717, 1.165) is 31.2 Å². The number of nitrogens with zero attached hydrogens (tertiary/aromatic N) is 3. The average molecular weight is 378 g/mol. The summed E-state index contributed by atoms with van der Waals surface area (Å²) in [7, 11) is 4.07. The quantitative estimate of drug-likeness (QED) is 0.780. The number of hydrogen-bond acceptors (Lipinski definition) is 4. The van der Waals surface area contributed by atoms with Crippen LogP contribution in [0.1, 0.15) is 31.2 Å². The smallest absolute Gasteiger partial charge is 0.225 e. The first-order valence-corrected chi connectivity index (χ1v) is 8.25. The minimum absolute atomic E-state index is 0. The standard InChI is InChI=1S/C16H27N5O.2ClH/c1-11(21(3)13-4-5-13)6-18-16(22)15-9-17-8-14(15)12-7-19-20(2)10-12;;/h7,10-11,13-15,17H,4-6,8-9H2,1-3H3,(H,18,22);2*1H/t11?,14-,15+;;/m1../s1. The van der Waals surface area contributed by atoms with E-state index in [0.29, 0.717) is 6.04 Å². The molecule has 1 aliphatic carbocycles. The second kappa shape index (κ2) is 9.04. The molecule has 2 aliphatic rings. The lowest BCUT2D eigenvalue weighted by molar-refractivity contribution is -0.125. The largest absolute Gasteiger partial charge is 0.354 e. The Morgan fingerprint density at radius 3 is 2.75 bits per heavy atom. The summed E-state index contributed by atoms with van der Waals surface area (Å²) in [6.07, 6.45) is 6.48. The molecular formula is C16H29Cl2N5O. The zero-order valence-corrected chi connectivity index (χ0v) is 16.2. The minimum Gasteiger partial charge on any atom is -0.354 e. The van der Waals surface area contributed by atoms with Crippen molar-refractivity contribution in [3.63, 3.8) is 0 Å². The monoisotopic (exact) mass is 377 g/mol. The fraction of sp³-hybridized carbons (Fsp3) is 0.750. The fourth-order valence-corrected chi connectivity index (χ4v) is 3.30. The van der Waals surface area contributed by atoms with Gasteiger partial charge in [-0.1, -0.05) is 0 Å². The van der Waals surface area contributed by atoms with Crippen molar-refractivity contribution < 1.29 is 4.79 Å². The number of aryl methyl sites for hydroxylation is 1. The van der Waals surface area contributed by atoms with E-state index in [-0.39, 0.29) is 42.6 Å². The van der Waals surface area contributed by atoms with E-state index in [9.17, 15) is 4.79 Å². The Balaban J connectivity index is 0.00000144. The van der Waals surface area contributed by atoms with E-state index in [2.05, 4.69) is 34.6 Å². The van der Waals surface area contributed by atoms with E-state index < -0.39 is 0 Å². The first-order valence-electron chi connectivity index (χ1n) is 8.25. The van der Waals surface area contributed by atoms with Gasteiger partial charge in [0.05, 0.1) is 12.1 Å². The van der Waals surface area contributed by atoms with Gasteiger partial charge in [0.25, 0.3) is 0 Å². The van der Waals surface area contributed by atoms with Gasteiger partial charge in [-0.05, 0) is 32.4 Å². The summed E-state index contributed by atoms with van der Waals surface area (Å²) >= 11 is 0. The number of carbonyl (C=O) groups is 1. The second-order valence-corrected chi connectivity index (χ2v) is 6.81. The van der Waals surface area contributed by atoms with Crippen LogP contribution in [0.25, 0.3) is 0 Å². The Bertz CT molecular complexity index is 534. The highest BCUT2D eigenvalue weighted by Gasteiger charge is 2.35. The van der Waals surface area contributed by atoms with Crippen LogP contribution >= 0.6 is 24.8 Å². The number of rotatable bonds is 6.